The summed E-state index contributed by atoms with van der Waals surface area (Å²) in [6.07, 6.45) is 0. The van der Waals surface area contributed by atoms with Crippen molar-refractivity contribution in [3.63, 3.8) is 0 Å². The Hall–Kier alpha value is -2.81. The molecule has 2 aromatic rings. The number of esters is 1. The second-order valence-corrected chi connectivity index (χ2v) is 6.31. The Morgan fingerprint density at radius 1 is 1.23 bits per heavy atom. The molecule has 1 aromatic carbocycles. The number of rotatable bonds is 6. The number of thioether (sulfide) groups is 1. The number of hydrogen-bond donors (Lipinski definition) is 2. The summed E-state index contributed by atoms with van der Waals surface area (Å²) in [6.45, 7) is 3.15. The Morgan fingerprint density at radius 2 is 1.96 bits per heavy atom. The van der Waals surface area contributed by atoms with Gasteiger partial charge < -0.3 is 14.6 Å². The van der Waals surface area contributed by atoms with Crippen LogP contribution in [0, 0.1) is 13.8 Å². The number of nitrogens with one attached hydrogen (secondary N) is 2. The van der Waals surface area contributed by atoms with Crippen LogP contribution >= 0.6 is 11.8 Å². The topological polar surface area (TPSA) is 111 Å². The first-order chi connectivity index (χ1) is 12.4. The smallest absolute Gasteiger partial charge is 0.339 e. The number of aromatic nitrogens is 1. The van der Waals surface area contributed by atoms with E-state index in [2.05, 4.69) is 10.5 Å². The van der Waals surface area contributed by atoms with E-state index in [1.807, 2.05) is 25.2 Å². The van der Waals surface area contributed by atoms with E-state index in [-0.39, 0.29) is 0 Å². The molecule has 1 heterocycles. The van der Waals surface area contributed by atoms with E-state index in [0.717, 1.165) is 17.0 Å². The molecule has 3 amide bonds. The van der Waals surface area contributed by atoms with Crippen molar-refractivity contribution in [2.75, 3.05) is 13.7 Å². The van der Waals surface area contributed by atoms with Gasteiger partial charge in [0, 0.05) is 23.3 Å². The molecule has 2 N–H and O–H groups in total. The van der Waals surface area contributed by atoms with E-state index in [1.165, 1.54) is 18.8 Å². The molecule has 0 aliphatic rings. The second kappa shape index (κ2) is 9.04. The summed E-state index contributed by atoms with van der Waals surface area (Å²) in [5, 5.41) is 8.16. The molecule has 0 bridgehead atoms. The average Bonchev–Trinajstić information content (AvgIpc) is 2.96. The minimum atomic E-state index is -0.710. The van der Waals surface area contributed by atoms with Crippen molar-refractivity contribution < 1.29 is 23.6 Å². The van der Waals surface area contributed by atoms with Gasteiger partial charge in [-0.2, -0.15) is 0 Å². The number of benzene rings is 1. The van der Waals surface area contributed by atoms with Gasteiger partial charge >= 0.3 is 12.0 Å². The Bertz CT molecular complexity index is 799. The number of imide groups is 1. The van der Waals surface area contributed by atoms with Gasteiger partial charge in [-0.15, -0.1) is 11.8 Å². The number of nitrogens with zero attached hydrogens (tertiary/aromatic N) is 1. The second-order valence-electron chi connectivity index (χ2n) is 5.29. The van der Waals surface area contributed by atoms with Crippen LogP contribution in [0.25, 0.3) is 0 Å². The van der Waals surface area contributed by atoms with Crippen molar-refractivity contribution >= 4 is 29.7 Å². The maximum atomic E-state index is 12.3. The fourth-order valence-electron chi connectivity index (χ4n) is 2.05. The van der Waals surface area contributed by atoms with Gasteiger partial charge in [0.25, 0.3) is 5.91 Å². The highest BCUT2D eigenvalue weighted by molar-refractivity contribution is 7.98. The summed E-state index contributed by atoms with van der Waals surface area (Å²) in [4.78, 5) is 35.5. The highest BCUT2D eigenvalue weighted by Gasteiger charge is 2.17. The lowest BCUT2D eigenvalue weighted by Gasteiger charge is -2.09. The molecule has 0 spiro atoms. The van der Waals surface area contributed by atoms with Crippen LogP contribution in [0.1, 0.15) is 27.4 Å². The predicted molar refractivity (Wildman–Crippen MR) is 94.9 cm³/mol. The van der Waals surface area contributed by atoms with Crippen molar-refractivity contribution in [3.05, 3.63) is 46.8 Å². The SMILES string of the molecule is CNC(=O)NC(=O)COC(=O)c1ccccc1SCc1c(C)noc1C. The van der Waals surface area contributed by atoms with E-state index in [1.54, 1.807) is 18.2 Å². The summed E-state index contributed by atoms with van der Waals surface area (Å²) in [6, 6.07) is 6.27. The fourth-order valence-corrected chi connectivity index (χ4v) is 3.25. The van der Waals surface area contributed by atoms with Crippen LogP contribution in [0.4, 0.5) is 4.79 Å². The van der Waals surface area contributed by atoms with Crippen LogP contribution in [0.2, 0.25) is 0 Å². The highest BCUT2D eigenvalue weighted by atomic mass is 32.2. The van der Waals surface area contributed by atoms with E-state index in [0.29, 0.717) is 16.2 Å². The molecule has 26 heavy (non-hydrogen) atoms. The lowest BCUT2D eigenvalue weighted by molar-refractivity contribution is -0.123. The van der Waals surface area contributed by atoms with E-state index in [9.17, 15) is 14.4 Å². The van der Waals surface area contributed by atoms with Gasteiger partial charge in [-0.05, 0) is 26.0 Å². The normalized spacial score (nSPS) is 10.3. The van der Waals surface area contributed by atoms with Crippen LogP contribution in [0.5, 0.6) is 0 Å². The zero-order valence-electron chi connectivity index (χ0n) is 14.6. The highest BCUT2D eigenvalue weighted by Crippen LogP contribution is 2.29. The molecule has 8 nitrogen and oxygen atoms in total. The Labute approximate surface area is 154 Å². The van der Waals surface area contributed by atoms with Gasteiger partial charge in [-0.3, -0.25) is 10.1 Å². The average molecular weight is 377 g/mol. The lowest BCUT2D eigenvalue weighted by atomic mass is 10.2. The Kier molecular flexibility index (Phi) is 6.79. The lowest BCUT2D eigenvalue weighted by Crippen LogP contribution is -2.39. The number of carbonyl (C=O) groups excluding carboxylic acids is 3. The molecule has 0 atom stereocenters. The summed E-state index contributed by atoms with van der Waals surface area (Å²) in [5.74, 6) is -0.0267. The molecule has 0 saturated heterocycles. The Balaban J connectivity index is 2.00. The summed E-state index contributed by atoms with van der Waals surface area (Å²) in [7, 11) is 1.38. The van der Waals surface area contributed by atoms with Crippen molar-refractivity contribution in [3.8, 4) is 0 Å². The number of hydrogen-bond acceptors (Lipinski definition) is 7. The number of amides is 3. The minimum Gasteiger partial charge on any atom is -0.452 e. The first-order valence-electron chi connectivity index (χ1n) is 7.74. The molecule has 0 unspecified atom stereocenters. The molecule has 9 heteroatoms. The summed E-state index contributed by atoms with van der Waals surface area (Å²) < 4.78 is 10.1. The van der Waals surface area contributed by atoms with Crippen LogP contribution in [-0.4, -0.2) is 36.7 Å². The molecule has 0 aliphatic carbocycles. The van der Waals surface area contributed by atoms with Gasteiger partial charge in [0.15, 0.2) is 6.61 Å². The quantitative estimate of drug-likeness (QED) is 0.586. The molecular weight excluding hydrogens is 358 g/mol. The third-order valence-corrected chi connectivity index (χ3v) is 4.57. The third-order valence-electron chi connectivity index (χ3n) is 3.47. The molecule has 2 rings (SSSR count). The Morgan fingerprint density at radius 3 is 2.62 bits per heavy atom. The number of ether oxygens (including phenoxy) is 1. The maximum Gasteiger partial charge on any atom is 0.339 e. The zero-order chi connectivity index (χ0) is 19.1. The zero-order valence-corrected chi connectivity index (χ0v) is 15.4. The van der Waals surface area contributed by atoms with Gasteiger partial charge in [-0.25, -0.2) is 9.59 Å². The molecular formula is C17H19N3O5S. The standard InChI is InChI=1S/C17H19N3O5S/c1-10-13(11(2)25-20-10)9-26-14-7-5-4-6-12(14)16(22)24-8-15(21)19-17(23)18-3/h4-7H,8-9H2,1-3H3,(H2,18,19,21,23). The van der Waals surface area contributed by atoms with Crippen molar-refractivity contribution in [1.82, 2.24) is 15.8 Å². The van der Waals surface area contributed by atoms with Crippen molar-refractivity contribution in [2.45, 2.75) is 24.5 Å². The third kappa shape index (κ3) is 5.09. The van der Waals surface area contributed by atoms with Crippen LogP contribution in [0.15, 0.2) is 33.7 Å². The number of urea groups is 1. The predicted octanol–water partition coefficient (Wildman–Crippen LogP) is 2.20. The minimum absolute atomic E-state index is 0.344. The monoisotopic (exact) mass is 377 g/mol. The molecule has 138 valence electrons. The first kappa shape index (κ1) is 19.5. The van der Waals surface area contributed by atoms with Crippen LogP contribution in [-0.2, 0) is 15.3 Å². The van der Waals surface area contributed by atoms with Crippen LogP contribution < -0.4 is 10.6 Å². The molecule has 0 saturated carbocycles. The first-order valence-corrected chi connectivity index (χ1v) is 8.73. The molecule has 0 aliphatic heterocycles. The summed E-state index contributed by atoms with van der Waals surface area (Å²) in [5.41, 5.74) is 2.13. The van der Waals surface area contributed by atoms with E-state index in [4.69, 9.17) is 9.26 Å². The van der Waals surface area contributed by atoms with Crippen molar-refractivity contribution in [2.24, 2.45) is 0 Å². The number of aryl methyl sites for hydroxylation is 2. The van der Waals surface area contributed by atoms with Gasteiger partial charge in [-0.1, -0.05) is 17.3 Å². The maximum absolute atomic E-state index is 12.3. The van der Waals surface area contributed by atoms with Crippen LogP contribution in [0.3, 0.4) is 0 Å². The summed E-state index contributed by atoms with van der Waals surface area (Å²) >= 11 is 1.44. The number of carbonyl (C=O) groups is 3. The van der Waals surface area contributed by atoms with Crippen molar-refractivity contribution in [1.29, 1.82) is 0 Å². The van der Waals surface area contributed by atoms with Gasteiger partial charge in [0.2, 0.25) is 0 Å². The molecule has 1 aromatic heterocycles. The fraction of sp³-hybridized carbons (Fsp3) is 0.294. The molecule has 0 radical (unpaired) electrons. The largest absolute Gasteiger partial charge is 0.452 e. The molecule has 0 fully saturated rings. The van der Waals surface area contributed by atoms with E-state index < -0.39 is 24.5 Å². The van der Waals surface area contributed by atoms with E-state index >= 15 is 0 Å². The van der Waals surface area contributed by atoms with Gasteiger partial charge in [0.05, 0.1) is 11.3 Å². The van der Waals surface area contributed by atoms with Gasteiger partial charge in [0.1, 0.15) is 5.76 Å².